The van der Waals surface area contributed by atoms with Gasteiger partial charge < -0.3 is 14.6 Å². The fourth-order valence-electron chi connectivity index (χ4n) is 1.59. The Morgan fingerprint density at radius 1 is 1.31 bits per heavy atom. The smallest absolute Gasteiger partial charge is 0.125 e. The maximum atomic E-state index is 9.66. The van der Waals surface area contributed by atoms with Crippen molar-refractivity contribution in [2.45, 2.75) is 33.0 Å². The highest BCUT2D eigenvalue weighted by atomic mass is 16.5. The highest BCUT2D eigenvalue weighted by Crippen LogP contribution is 2.27. The van der Waals surface area contributed by atoms with Gasteiger partial charge in [-0.2, -0.15) is 0 Å². The van der Waals surface area contributed by atoms with E-state index in [1.54, 1.807) is 14.0 Å². The van der Waals surface area contributed by atoms with Crippen LogP contribution >= 0.6 is 0 Å². The van der Waals surface area contributed by atoms with Crippen LogP contribution in [0, 0.1) is 6.92 Å². The van der Waals surface area contributed by atoms with Crippen molar-refractivity contribution in [3.05, 3.63) is 29.3 Å². The molecule has 0 aliphatic heterocycles. The minimum atomic E-state index is -0.523. The van der Waals surface area contributed by atoms with Gasteiger partial charge in [0.15, 0.2) is 0 Å². The fourth-order valence-corrected chi connectivity index (χ4v) is 1.59. The molecule has 1 aromatic carbocycles. The minimum absolute atomic E-state index is 0.0230. The molecule has 2 atom stereocenters. The Kier molecular flexibility index (Phi) is 4.77. The van der Waals surface area contributed by atoms with E-state index in [0.29, 0.717) is 6.61 Å². The lowest BCUT2D eigenvalue weighted by Gasteiger charge is -2.18. The number of aryl methyl sites for hydroxylation is 1. The highest BCUT2D eigenvalue weighted by Gasteiger charge is 2.12. The zero-order chi connectivity index (χ0) is 12.1. The Labute approximate surface area is 97.0 Å². The Balaban J connectivity index is 2.86. The molecule has 1 rings (SSSR count). The molecule has 0 amide bonds. The molecule has 0 aliphatic carbocycles. The molecule has 90 valence electrons. The van der Waals surface area contributed by atoms with Gasteiger partial charge in [-0.3, -0.25) is 0 Å². The Hall–Kier alpha value is -1.06. The van der Waals surface area contributed by atoms with Crippen LogP contribution in [0.5, 0.6) is 5.75 Å². The van der Waals surface area contributed by atoms with Crippen LogP contribution in [0.3, 0.4) is 0 Å². The van der Waals surface area contributed by atoms with Crippen molar-refractivity contribution in [2.75, 3.05) is 13.7 Å². The van der Waals surface area contributed by atoms with Gasteiger partial charge in [0.05, 0.1) is 12.7 Å². The summed E-state index contributed by atoms with van der Waals surface area (Å²) in [6.45, 7) is 6.21. The van der Waals surface area contributed by atoms with E-state index in [-0.39, 0.29) is 6.10 Å². The molecular formula is C13H20O3. The SMILES string of the molecule is COCC(C)Oc1ccc(C)cc1C(C)O. The number of methoxy groups -OCH3 is 1. The van der Waals surface area contributed by atoms with E-state index < -0.39 is 6.10 Å². The van der Waals surface area contributed by atoms with Crippen molar-refractivity contribution in [3.8, 4) is 5.75 Å². The van der Waals surface area contributed by atoms with Crippen LogP contribution in [0.4, 0.5) is 0 Å². The molecule has 1 aromatic rings. The van der Waals surface area contributed by atoms with Crippen molar-refractivity contribution in [3.63, 3.8) is 0 Å². The van der Waals surface area contributed by atoms with Crippen LogP contribution in [0.2, 0.25) is 0 Å². The summed E-state index contributed by atoms with van der Waals surface area (Å²) in [6, 6.07) is 5.81. The fraction of sp³-hybridized carbons (Fsp3) is 0.538. The van der Waals surface area contributed by atoms with E-state index in [4.69, 9.17) is 9.47 Å². The van der Waals surface area contributed by atoms with Crippen molar-refractivity contribution in [1.82, 2.24) is 0 Å². The average molecular weight is 224 g/mol. The number of aliphatic hydroxyl groups excluding tert-OH is 1. The lowest BCUT2D eigenvalue weighted by molar-refractivity contribution is 0.0886. The van der Waals surface area contributed by atoms with Crippen molar-refractivity contribution < 1.29 is 14.6 Å². The summed E-state index contributed by atoms with van der Waals surface area (Å²) < 4.78 is 10.7. The quantitative estimate of drug-likeness (QED) is 0.835. The number of benzene rings is 1. The molecule has 2 unspecified atom stereocenters. The maximum absolute atomic E-state index is 9.66. The molecule has 0 fully saturated rings. The van der Waals surface area contributed by atoms with Crippen LogP contribution in [-0.2, 0) is 4.74 Å². The van der Waals surface area contributed by atoms with Gasteiger partial charge in [-0.15, -0.1) is 0 Å². The topological polar surface area (TPSA) is 38.7 Å². The van der Waals surface area contributed by atoms with Crippen LogP contribution in [0.15, 0.2) is 18.2 Å². The highest BCUT2D eigenvalue weighted by molar-refractivity contribution is 5.38. The molecule has 0 bridgehead atoms. The van der Waals surface area contributed by atoms with Gasteiger partial charge in [0.2, 0.25) is 0 Å². The summed E-state index contributed by atoms with van der Waals surface area (Å²) in [7, 11) is 1.64. The summed E-state index contributed by atoms with van der Waals surface area (Å²) >= 11 is 0. The minimum Gasteiger partial charge on any atom is -0.488 e. The molecule has 0 aromatic heterocycles. The van der Waals surface area contributed by atoms with Gasteiger partial charge in [0.25, 0.3) is 0 Å². The van der Waals surface area contributed by atoms with Gasteiger partial charge in [-0.05, 0) is 32.9 Å². The van der Waals surface area contributed by atoms with Crippen molar-refractivity contribution >= 4 is 0 Å². The first kappa shape index (κ1) is 13.0. The Bertz CT molecular complexity index is 334. The van der Waals surface area contributed by atoms with Gasteiger partial charge >= 0.3 is 0 Å². The Morgan fingerprint density at radius 2 is 2.00 bits per heavy atom. The van der Waals surface area contributed by atoms with Crippen LogP contribution in [0.25, 0.3) is 0 Å². The summed E-state index contributed by atoms with van der Waals surface area (Å²) in [5, 5.41) is 9.66. The van der Waals surface area contributed by atoms with E-state index >= 15 is 0 Å². The molecule has 3 heteroatoms. The zero-order valence-electron chi connectivity index (χ0n) is 10.4. The van der Waals surface area contributed by atoms with E-state index in [1.165, 1.54) is 0 Å². The third-order valence-electron chi connectivity index (χ3n) is 2.34. The lowest BCUT2D eigenvalue weighted by Crippen LogP contribution is -2.19. The predicted octanol–water partition coefficient (Wildman–Crippen LogP) is 2.46. The molecular weight excluding hydrogens is 204 g/mol. The van der Waals surface area contributed by atoms with Crippen LogP contribution in [-0.4, -0.2) is 24.9 Å². The second kappa shape index (κ2) is 5.87. The lowest BCUT2D eigenvalue weighted by atomic mass is 10.1. The first-order valence-corrected chi connectivity index (χ1v) is 5.48. The molecule has 0 saturated carbocycles. The van der Waals surface area contributed by atoms with Crippen LogP contribution < -0.4 is 4.74 Å². The molecule has 0 heterocycles. The zero-order valence-corrected chi connectivity index (χ0v) is 10.4. The molecule has 0 saturated heterocycles. The van der Waals surface area contributed by atoms with Gasteiger partial charge in [0, 0.05) is 12.7 Å². The number of rotatable bonds is 5. The first-order chi connectivity index (χ1) is 7.54. The van der Waals surface area contributed by atoms with Gasteiger partial charge in [-0.25, -0.2) is 0 Å². The second-order valence-corrected chi connectivity index (χ2v) is 4.10. The van der Waals surface area contributed by atoms with Crippen molar-refractivity contribution in [1.29, 1.82) is 0 Å². The normalized spacial score (nSPS) is 14.6. The molecule has 0 radical (unpaired) electrons. The number of ether oxygens (including phenoxy) is 2. The molecule has 16 heavy (non-hydrogen) atoms. The summed E-state index contributed by atoms with van der Waals surface area (Å²) in [6.07, 6.45) is -0.546. The largest absolute Gasteiger partial charge is 0.488 e. The summed E-state index contributed by atoms with van der Waals surface area (Å²) in [5.74, 6) is 0.727. The average Bonchev–Trinajstić information content (AvgIpc) is 2.20. The van der Waals surface area contributed by atoms with E-state index in [2.05, 4.69) is 0 Å². The third-order valence-corrected chi connectivity index (χ3v) is 2.34. The molecule has 0 aliphatic rings. The first-order valence-electron chi connectivity index (χ1n) is 5.48. The number of hydrogen-bond acceptors (Lipinski definition) is 3. The van der Waals surface area contributed by atoms with E-state index in [0.717, 1.165) is 16.9 Å². The van der Waals surface area contributed by atoms with Gasteiger partial charge in [-0.1, -0.05) is 11.6 Å². The van der Waals surface area contributed by atoms with Crippen molar-refractivity contribution in [2.24, 2.45) is 0 Å². The van der Waals surface area contributed by atoms with E-state index in [1.807, 2.05) is 32.0 Å². The summed E-state index contributed by atoms with van der Waals surface area (Å²) in [4.78, 5) is 0. The second-order valence-electron chi connectivity index (χ2n) is 4.10. The molecule has 1 N–H and O–H groups in total. The Morgan fingerprint density at radius 3 is 2.56 bits per heavy atom. The maximum Gasteiger partial charge on any atom is 0.125 e. The third kappa shape index (κ3) is 3.51. The standard InChI is InChI=1S/C13H20O3/c1-9-5-6-13(12(7-9)11(3)14)16-10(2)8-15-4/h5-7,10-11,14H,8H2,1-4H3. The molecule has 0 spiro atoms. The monoisotopic (exact) mass is 224 g/mol. The van der Waals surface area contributed by atoms with E-state index in [9.17, 15) is 5.11 Å². The van der Waals surface area contributed by atoms with Gasteiger partial charge in [0.1, 0.15) is 11.9 Å². The molecule has 3 nitrogen and oxygen atoms in total. The predicted molar refractivity (Wildman–Crippen MR) is 63.8 cm³/mol. The number of aliphatic hydroxyl groups is 1. The summed E-state index contributed by atoms with van der Waals surface area (Å²) in [5.41, 5.74) is 1.94. The number of hydrogen-bond donors (Lipinski definition) is 1. The van der Waals surface area contributed by atoms with Crippen LogP contribution in [0.1, 0.15) is 31.1 Å².